The largest absolute Gasteiger partial charge is 0.378 e. The fourth-order valence-corrected chi connectivity index (χ4v) is 4.27. The summed E-state index contributed by atoms with van der Waals surface area (Å²) >= 11 is 0. The molecule has 2 saturated carbocycles. The molecule has 0 aliphatic heterocycles. The lowest BCUT2D eigenvalue weighted by molar-refractivity contribution is -0.152. The van der Waals surface area contributed by atoms with Gasteiger partial charge in [-0.15, -0.1) is 0 Å². The molecule has 1 aromatic heterocycles. The van der Waals surface area contributed by atoms with Gasteiger partial charge in [-0.1, -0.05) is 12.8 Å². The Kier molecular flexibility index (Phi) is 4.17. The molecular formula is C17H23FN2O2. The maximum Gasteiger partial charge on any atom is 0.254 e. The average molecular weight is 306 g/mol. The molecule has 4 nitrogen and oxygen atoms in total. The minimum atomic E-state index is -0.615. The lowest BCUT2D eigenvalue weighted by atomic mass is 9.60. The second-order valence-corrected chi connectivity index (χ2v) is 6.42. The van der Waals surface area contributed by atoms with Gasteiger partial charge < -0.3 is 9.64 Å². The normalized spacial score (nSPS) is 26.0. The van der Waals surface area contributed by atoms with Gasteiger partial charge in [-0.3, -0.25) is 4.79 Å². The number of amides is 1. The van der Waals surface area contributed by atoms with Crippen LogP contribution in [0.15, 0.2) is 18.3 Å². The molecule has 0 saturated heterocycles. The quantitative estimate of drug-likeness (QED) is 0.803. The summed E-state index contributed by atoms with van der Waals surface area (Å²) < 4.78 is 19.1. The Morgan fingerprint density at radius 1 is 1.50 bits per heavy atom. The third-order valence-electron chi connectivity index (χ3n) is 5.41. The summed E-state index contributed by atoms with van der Waals surface area (Å²) in [6, 6.07) is 2.97. The van der Waals surface area contributed by atoms with Crippen LogP contribution in [0.1, 0.15) is 49.4 Å². The summed E-state index contributed by atoms with van der Waals surface area (Å²) in [5.74, 6) is -0.747. The van der Waals surface area contributed by atoms with E-state index in [1.807, 2.05) is 14.0 Å². The van der Waals surface area contributed by atoms with Gasteiger partial charge in [0, 0.05) is 42.9 Å². The zero-order valence-electron chi connectivity index (χ0n) is 13.2. The summed E-state index contributed by atoms with van der Waals surface area (Å²) in [6.45, 7) is 2.73. The summed E-state index contributed by atoms with van der Waals surface area (Å²) in [4.78, 5) is 17.9. The Morgan fingerprint density at radius 2 is 2.23 bits per heavy atom. The Labute approximate surface area is 130 Å². The smallest absolute Gasteiger partial charge is 0.254 e. The first-order chi connectivity index (χ1) is 10.6. The molecule has 1 aromatic rings. The van der Waals surface area contributed by atoms with Crippen molar-refractivity contribution in [3.8, 4) is 0 Å². The van der Waals surface area contributed by atoms with Gasteiger partial charge in [0.2, 0.25) is 5.95 Å². The highest BCUT2D eigenvalue weighted by Gasteiger charge is 2.58. The summed E-state index contributed by atoms with van der Waals surface area (Å²) in [5.41, 5.74) is 0.467. The Bertz CT molecular complexity index is 557. The van der Waals surface area contributed by atoms with E-state index in [1.54, 1.807) is 11.0 Å². The molecule has 120 valence electrons. The van der Waals surface area contributed by atoms with Gasteiger partial charge in [-0.25, -0.2) is 4.98 Å². The molecular weight excluding hydrogens is 283 g/mol. The second-order valence-electron chi connectivity index (χ2n) is 6.42. The highest BCUT2D eigenvalue weighted by atomic mass is 19.1. The first-order valence-electron chi connectivity index (χ1n) is 8.09. The average Bonchev–Trinajstić information content (AvgIpc) is 3.02. The molecule has 2 aliphatic carbocycles. The van der Waals surface area contributed by atoms with E-state index in [0.717, 1.165) is 19.3 Å². The van der Waals surface area contributed by atoms with E-state index in [-0.39, 0.29) is 23.5 Å². The zero-order chi connectivity index (χ0) is 15.7. The molecule has 1 amide bonds. The molecule has 2 fully saturated rings. The van der Waals surface area contributed by atoms with Gasteiger partial charge in [0.1, 0.15) is 0 Å². The van der Waals surface area contributed by atoms with Gasteiger partial charge in [-0.2, -0.15) is 4.39 Å². The van der Waals surface area contributed by atoms with Crippen LogP contribution in [0.2, 0.25) is 0 Å². The molecule has 2 aliphatic rings. The van der Waals surface area contributed by atoms with Gasteiger partial charge in [-0.05, 0) is 32.3 Å². The fourth-order valence-electron chi connectivity index (χ4n) is 4.27. The van der Waals surface area contributed by atoms with E-state index < -0.39 is 5.95 Å². The van der Waals surface area contributed by atoms with Crippen molar-refractivity contribution in [1.29, 1.82) is 0 Å². The maximum absolute atomic E-state index is 13.2. The molecule has 1 heterocycles. The number of nitrogens with zero attached hydrogens (tertiary/aromatic N) is 2. The number of halogens is 1. The highest BCUT2D eigenvalue weighted by molar-refractivity contribution is 5.94. The first kappa shape index (κ1) is 15.4. The van der Waals surface area contributed by atoms with Crippen molar-refractivity contribution in [2.24, 2.45) is 5.41 Å². The van der Waals surface area contributed by atoms with Crippen molar-refractivity contribution in [3.63, 3.8) is 0 Å². The Balaban J connectivity index is 1.77. The minimum Gasteiger partial charge on any atom is -0.378 e. The van der Waals surface area contributed by atoms with Crippen LogP contribution >= 0.6 is 0 Å². The van der Waals surface area contributed by atoms with Crippen molar-refractivity contribution in [3.05, 3.63) is 29.8 Å². The molecule has 0 radical (unpaired) electrons. The van der Waals surface area contributed by atoms with E-state index in [1.165, 1.54) is 25.1 Å². The van der Waals surface area contributed by atoms with Crippen LogP contribution in [0.3, 0.4) is 0 Å². The van der Waals surface area contributed by atoms with Crippen LogP contribution < -0.4 is 0 Å². The van der Waals surface area contributed by atoms with Gasteiger partial charge in [0.05, 0.1) is 6.10 Å². The van der Waals surface area contributed by atoms with Crippen LogP contribution in [0.4, 0.5) is 4.39 Å². The molecule has 0 N–H and O–H groups in total. The summed E-state index contributed by atoms with van der Waals surface area (Å²) in [7, 11) is 1.83. The van der Waals surface area contributed by atoms with Crippen molar-refractivity contribution >= 4 is 5.91 Å². The van der Waals surface area contributed by atoms with Crippen LogP contribution in [0.5, 0.6) is 0 Å². The standard InChI is InChI=1S/C17H23FN2O2/c1-3-22-14-11-13(17(14)7-4-5-8-17)20(2)16(21)12-6-9-19-15(18)10-12/h6,9-10,13-14H,3-5,7-8,11H2,1-2H3. The third-order valence-corrected chi connectivity index (χ3v) is 5.41. The number of carbonyl (C=O) groups excluding carboxylic acids is 1. The number of pyridine rings is 1. The van der Waals surface area contributed by atoms with E-state index in [9.17, 15) is 9.18 Å². The molecule has 2 atom stereocenters. The Hall–Kier alpha value is -1.49. The third kappa shape index (κ3) is 2.41. The maximum atomic E-state index is 13.2. The molecule has 0 bridgehead atoms. The molecule has 1 spiro atoms. The van der Waals surface area contributed by atoms with Crippen LogP contribution in [-0.2, 0) is 4.74 Å². The lowest BCUT2D eigenvalue weighted by Gasteiger charge is -2.57. The first-order valence-corrected chi connectivity index (χ1v) is 8.09. The van der Waals surface area contributed by atoms with Gasteiger partial charge in [0.15, 0.2) is 0 Å². The molecule has 0 aromatic carbocycles. The SMILES string of the molecule is CCOC1CC(N(C)C(=O)c2ccnc(F)c2)C12CCCC2. The molecule has 5 heteroatoms. The number of hydrogen-bond donors (Lipinski definition) is 0. The fraction of sp³-hybridized carbons (Fsp3) is 0.647. The molecule has 3 rings (SSSR count). The highest BCUT2D eigenvalue weighted by Crippen LogP contribution is 2.56. The number of aromatic nitrogens is 1. The number of rotatable bonds is 4. The number of carbonyl (C=O) groups is 1. The predicted molar refractivity (Wildman–Crippen MR) is 81.0 cm³/mol. The van der Waals surface area contributed by atoms with E-state index in [0.29, 0.717) is 12.2 Å². The topological polar surface area (TPSA) is 42.4 Å². The zero-order valence-corrected chi connectivity index (χ0v) is 13.2. The number of ether oxygens (including phenoxy) is 1. The van der Waals surface area contributed by atoms with Crippen molar-refractivity contribution in [1.82, 2.24) is 9.88 Å². The Morgan fingerprint density at radius 3 is 2.86 bits per heavy atom. The van der Waals surface area contributed by atoms with Crippen LogP contribution in [0, 0.1) is 11.4 Å². The van der Waals surface area contributed by atoms with Crippen molar-refractivity contribution in [2.75, 3.05) is 13.7 Å². The second kappa shape index (κ2) is 5.95. The lowest BCUT2D eigenvalue weighted by Crippen LogP contribution is -2.64. The van der Waals surface area contributed by atoms with Crippen LogP contribution in [-0.4, -0.2) is 41.6 Å². The molecule has 22 heavy (non-hydrogen) atoms. The summed E-state index contributed by atoms with van der Waals surface area (Å²) in [6.07, 6.45) is 7.11. The van der Waals surface area contributed by atoms with E-state index in [2.05, 4.69) is 4.98 Å². The van der Waals surface area contributed by atoms with E-state index in [4.69, 9.17) is 4.74 Å². The van der Waals surface area contributed by atoms with Crippen molar-refractivity contribution < 1.29 is 13.9 Å². The molecule has 2 unspecified atom stereocenters. The predicted octanol–water partition coefficient (Wildman–Crippen LogP) is 3.03. The van der Waals surface area contributed by atoms with Gasteiger partial charge >= 0.3 is 0 Å². The minimum absolute atomic E-state index is 0.103. The van der Waals surface area contributed by atoms with Crippen molar-refractivity contribution in [2.45, 2.75) is 51.2 Å². The summed E-state index contributed by atoms with van der Waals surface area (Å²) in [5, 5.41) is 0. The monoisotopic (exact) mass is 306 g/mol. The number of hydrogen-bond acceptors (Lipinski definition) is 3. The van der Waals surface area contributed by atoms with Crippen LogP contribution in [0.25, 0.3) is 0 Å². The van der Waals surface area contributed by atoms with E-state index >= 15 is 0 Å². The van der Waals surface area contributed by atoms with Gasteiger partial charge in [0.25, 0.3) is 5.91 Å².